The number of aryl methyl sites for hydroxylation is 1. The highest BCUT2D eigenvalue weighted by Gasteiger charge is 2.26. The fourth-order valence-corrected chi connectivity index (χ4v) is 2.18. The van der Waals surface area contributed by atoms with Crippen LogP contribution in [0.25, 0.3) is 11.5 Å². The van der Waals surface area contributed by atoms with Gasteiger partial charge in [-0.15, -0.1) is 0 Å². The standard InChI is InChI=1S/C11H9F2N3O2/c12-10(13)6-5-14-11-8-9(18)7(17)1-2-15(8)3-4-16(6)11/h1-2,5,10,18H,3-4H2. The lowest BCUT2D eigenvalue weighted by atomic mass is 10.2. The fraction of sp³-hybridized carbons (Fsp3) is 0.273. The number of hydrogen-bond donors (Lipinski definition) is 1. The topological polar surface area (TPSA) is 60.1 Å². The van der Waals surface area contributed by atoms with Crippen LogP contribution >= 0.6 is 0 Å². The molecule has 7 heteroatoms. The van der Waals surface area contributed by atoms with E-state index >= 15 is 0 Å². The molecule has 18 heavy (non-hydrogen) atoms. The van der Waals surface area contributed by atoms with E-state index in [-0.39, 0.29) is 17.2 Å². The molecule has 0 amide bonds. The molecule has 1 aliphatic rings. The second-order valence-corrected chi connectivity index (χ2v) is 4.03. The van der Waals surface area contributed by atoms with Crippen LogP contribution in [0.1, 0.15) is 12.1 Å². The molecule has 0 unspecified atom stereocenters. The summed E-state index contributed by atoms with van der Waals surface area (Å²) in [7, 11) is 0. The number of aromatic hydroxyl groups is 1. The number of nitrogens with zero attached hydrogens (tertiary/aromatic N) is 3. The van der Waals surface area contributed by atoms with Crippen LogP contribution in [0.15, 0.2) is 23.3 Å². The first-order chi connectivity index (χ1) is 8.59. The van der Waals surface area contributed by atoms with E-state index < -0.39 is 17.6 Å². The van der Waals surface area contributed by atoms with E-state index in [4.69, 9.17) is 0 Å². The van der Waals surface area contributed by atoms with Crippen molar-refractivity contribution >= 4 is 0 Å². The van der Waals surface area contributed by atoms with E-state index in [1.54, 1.807) is 4.57 Å². The van der Waals surface area contributed by atoms with Gasteiger partial charge in [0.05, 0.1) is 6.20 Å². The lowest BCUT2D eigenvalue weighted by molar-refractivity contribution is 0.140. The van der Waals surface area contributed by atoms with E-state index in [1.807, 2.05) is 0 Å². The summed E-state index contributed by atoms with van der Waals surface area (Å²) in [4.78, 5) is 15.3. The molecule has 3 heterocycles. The van der Waals surface area contributed by atoms with Crippen molar-refractivity contribution in [3.05, 3.63) is 34.4 Å². The van der Waals surface area contributed by atoms with E-state index in [0.29, 0.717) is 13.1 Å². The highest BCUT2D eigenvalue weighted by molar-refractivity contribution is 5.61. The van der Waals surface area contributed by atoms with Crippen molar-refractivity contribution in [2.75, 3.05) is 0 Å². The Hall–Kier alpha value is -2.18. The summed E-state index contributed by atoms with van der Waals surface area (Å²) in [6.07, 6.45) is -0.0279. The van der Waals surface area contributed by atoms with Crippen molar-refractivity contribution in [2.45, 2.75) is 19.5 Å². The first-order valence-corrected chi connectivity index (χ1v) is 5.36. The predicted octanol–water partition coefficient (Wildman–Crippen LogP) is 1.37. The van der Waals surface area contributed by atoms with Gasteiger partial charge in [-0.25, -0.2) is 13.8 Å². The van der Waals surface area contributed by atoms with Gasteiger partial charge in [0, 0.05) is 25.4 Å². The Kier molecular flexibility index (Phi) is 2.22. The third-order valence-corrected chi connectivity index (χ3v) is 3.04. The molecular weight excluding hydrogens is 244 g/mol. The Labute approximate surface area is 99.9 Å². The van der Waals surface area contributed by atoms with Gasteiger partial charge in [-0.2, -0.15) is 0 Å². The summed E-state index contributed by atoms with van der Waals surface area (Å²) in [5, 5.41) is 9.76. The van der Waals surface area contributed by atoms with Crippen molar-refractivity contribution in [3.8, 4) is 17.3 Å². The molecule has 0 saturated heterocycles. The van der Waals surface area contributed by atoms with Crippen LogP contribution in [0.5, 0.6) is 5.75 Å². The van der Waals surface area contributed by atoms with E-state index in [9.17, 15) is 18.7 Å². The minimum atomic E-state index is -2.63. The SMILES string of the molecule is O=c1ccn2c(c1O)-c1ncc(C(F)F)n1CC2. The Morgan fingerprint density at radius 1 is 1.39 bits per heavy atom. The normalized spacial score (nSPS) is 13.5. The van der Waals surface area contributed by atoms with Gasteiger partial charge in [-0.05, 0) is 0 Å². The Morgan fingerprint density at radius 2 is 2.17 bits per heavy atom. The third kappa shape index (κ3) is 1.36. The summed E-state index contributed by atoms with van der Waals surface area (Å²) < 4.78 is 28.5. The van der Waals surface area contributed by atoms with Crippen LogP contribution in [0, 0.1) is 0 Å². The molecule has 94 valence electrons. The van der Waals surface area contributed by atoms with Crippen molar-refractivity contribution in [1.82, 2.24) is 14.1 Å². The average molecular weight is 253 g/mol. The van der Waals surface area contributed by atoms with Crippen LogP contribution in [0.4, 0.5) is 8.78 Å². The van der Waals surface area contributed by atoms with Gasteiger partial charge in [-0.1, -0.05) is 0 Å². The number of pyridine rings is 1. The molecule has 0 bridgehead atoms. The summed E-state index contributed by atoms with van der Waals surface area (Å²) in [6.45, 7) is 0.747. The molecule has 1 aliphatic heterocycles. The smallest absolute Gasteiger partial charge is 0.280 e. The molecule has 0 atom stereocenters. The van der Waals surface area contributed by atoms with Gasteiger partial charge in [-0.3, -0.25) is 4.79 Å². The van der Waals surface area contributed by atoms with Gasteiger partial charge in [0.1, 0.15) is 11.4 Å². The summed E-state index contributed by atoms with van der Waals surface area (Å²) in [5.74, 6) is -0.253. The lowest BCUT2D eigenvalue weighted by Crippen LogP contribution is -2.21. The molecule has 5 nitrogen and oxygen atoms in total. The first-order valence-electron chi connectivity index (χ1n) is 5.36. The zero-order valence-corrected chi connectivity index (χ0v) is 9.18. The molecule has 2 aromatic heterocycles. The van der Waals surface area contributed by atoms with Crippen LogP contribution in [0.2, 0.25) is 0 Å². The number of imidazole rings is 1. The second-order valence-electron chi connectivity index (χ2n) is 4.03. The molecule has 0 aromatic carbocycles. The van der Waals surface area contributed by atoms with Gasteiger partial charge in [0.15, 0.2) is 11.6 Å². The van der Waals surface area contributed by atoms with Gasteiger partial charge in [0.25, 0.3) is 6.43 Å². The van der Waals surface area contributed by atoms with Crippen LogP contribution in [-0.2, 0) is 13.1 Å². The summed E-state index contributed by atoms with van der Waals surface area (Å²) >= 11 is 0. The molecule has 0 spiro atoms. The van der Waals surface area contributed by atoms with Crippen LogP contribution in [0.3, 0.4) is 0 Å². The number of hydrogen-bond acceptors (Lipinski definition) is 3. The fourth-order valence-electron chi connectivity index (χ4n) is 2.18. The molecule has 2 aromatic rings. The maximum atomic E-state index is 12.8. The van der Waals surface area contributed by atoms with E-state index in [0.717, 1.165) is 6.20 Å². The van der Waals surface area contributed by atoms with E-state index in [2.05, 4.69) is 4.98 Å². The molecular formula is C11H9F2N3O2. The summed E-state index contributed by atoms with van der Waals surface area (Å²) in [6, 6.07) is 1.24. The Bertz CT molecular complexity index is 675. The minimum Gasteiger partial charge on any atom is -0.503 e. The van der Waals surface area contributed by atoms with Gasteiger partial charge < -0.3 is 14.2 Å². The van der Waals surface area contributed by atoms with Gasteiger partial charge in [0.2, 0.25) is 5.43 Å². The molecule has 0 radical (unpaired) electrons. The zero-order valence-electron chi connectivity index (χ0n) is 9.18. The second kappa shape index (κ2) is 3.66. The van der Waals surface area contributed by atoms with Crippen LogP contribution < -0.4 is 5.43 Å². The molecule has 0 fully saturated rings. The van der Waals surface area contributed by atoms with Crippen LogP contribution in [-0.4, -0.2) is 19.2 Å². The number of alkyl halides is 2. The maximum absolute atomic E-state index is 12.8. The lowest BCUT2D eigenvalue weighted by Gasteiger charge is -2.22. The zero-order chi connectivity index (χ0) is 12.9. The first kappa shape index (κ1) is 10.9. The van der Waals surface area contributed by atoms with Crippen molar-refractivity contribution < 1.29 is 13.9 Å². The number of halogens is 2. The van der Waals surface area contributed by atoms with Gasteiger partial charge >= 0.3 is 0 Å². The Morgan fingerprint density at radius 3 is 2.89 bits per heavy atom. The predicted molar refractivity (Wildman–Crippen MR) is 58.5 cm³/mol. The molecule has 3 rings (SSSR count). The number of aromatic nitrogens is 3. The summed E-state index contributed by atoms with van der Waals surface area (Å²) in [5.41, 5.74) is -0.552. The molecule has 1 N–H and O–H groups in total. The van der Waals surface area contributed by atoms with Crippen molar-refractivity contribution in [2.24, 2.45) is 0 Å². The quantitative estimate of drug-likeness (QED) is 0.835. The number of fused-ring (bicyclic) bond motifs is 3. The van der Waals surface area contributed by atoms with Crippen molar-refractivity contribution in [1.29, 1.82) is 0 Å². The molecule has 0 saturated carbocycles. The number of rotatable bonds is 1. The minimum absolute atomic E-state index is 0.195. The highest BCUT2D eigenvalue weighted by Crippen LogP contribution is 2.32. The average Bonchev–Trinajstić information content (AvgIpc) is 2.77. The molecule has 0 aliphatic carbocycles. The van der Waals surface area contributed by atoms with E-state index in [1.165, 1.54) is 16.8 Å². The monoisotopic (exact) mass is 253 g/mol. The largest absolute Gasteiger partial charge is 0.503 e. The Balaban J connectivity index is 2.29. The third-order valence-electron chi connectivity index (χ3n) is 3.04. The van der Waals surface area contributed by atoms with Crippen molar-refractivity contribution in [3.63, 3.8) is 0 Å². The maximum Gasteiger partial charge on any atom is 0.280 e. The highest BCUT2D eigenvalue weighted by atomic mass is 19.3.